The molecule has 2 N–H and O–H groups in total. The Morgan fingerprint density at radius 3 is 2.95 bits per heavy atom. The van der Waals surface area contributed by atoms with Crippen LogP contribution in [-0.2, 0) is 6.42 Å². The molecule has 0 saturated carbocycles. The second kappa shape index (κ2) is 5.74. The number of aromatic hydroxyl groups is 1. The summed E-state index contributed by atoms with van der Waals surface area (Å²) in [6, 6.07) is 11.8. The molecule has 2 unspecified atom stereocenters. The van der Waals surface area contributed by atoms with E-state index in [1.807, 2.05) is 25.1 Å². The van der Waals surface area contributed by atoms with Crippen molar-refractivity contribution >= 4 is 0 Å². The third kappa shape index (κ3) is 3.00. The number of para-hydroxylation sites is 1. The average Bonchev–Trinajstić information content (AvgIpc) is 2.90. The van der Waals surface area contributed by atoms with Crippen LogP contribution in [0.2, 0.25) is 0 Å². The first-order valence-corrected chi connectivity index (χ1v) is 7.10. The highest BCUT2D eigenvalue weighted by Gasteiger charge is 2.23. The number of nitrogens with one attached hydrogen (secondary N) is 1. The fraction of sp³-hybridized carbons (Fsp3) is 0.294. The number of phenolic OH excluding ortho intramolecular Hbond substituents is 1. The van der Waals surface area contributed by atoms with Crippen LogP contribution in [0.1, 0.15) is 24.1 Å². The minimum absolute atomic E-state index is 0.0700. The Bertz CT molecular complexity index is 619. The first-order valence-electron chi connectivity index (χ1n) is 7.10. The first-order chi connectivity index (χ1) is 10.1. The Morgan fingerprint density at radius 1 is 1.33 bits per heavy atom. The second-order valence-electron chi connectivity index (χ2n) is 5.38. The third-order valence-corrected chi connectivity index (χ3v) is 3.82. The van der Waals surface area contributed by atoms with Crippen molar-refractivity contribution in [3.05, 3.63) is 59.4 Å². The lowest BCUT2D eigenvalue weighted by atomic mass is 10.1. The summed E-state index contributed by atoms with van der Waals surface area (Å²) in [6.07, 6.45) is 0.936. The van der Waals surface area contributed by atoms with E-state index in [-0.39, 0.29) is 23.7 Å². The van der Waals surface area contributed by atoms with Gasteiger partial charge in [-0.25, -0.2) is 4.39 Å². The number of ether oxygens (including phenoxy) is 1. The van der Waals surface area contributed by atoms with Gasteiger partial charge in [0, 0.05) is 24.6 Å². The number of hydrogen-bond acceptors (Lipinski definition) is 3. The molecule has 21 heavy (non-hydrogen) atoms. The summed E-state index contributed by atoms with van der Waals surface area (Å²) in [5.74, 6) is 0.693. The molecule has 0 amide bonds. The highest BCUT2D eigenvalue weighted by Crippen LogP contribution is 2.29. The molecule has 2 atom stereocenters. The molecular weight excluding hydrogens is 269 g/mol. The SMILES string of the molecule is CC(NCC1Cc2ccccc2O1)c1cc(F)ccc1O. The van der Waals surface area contributed by atoms with Gasteiger partial charge in [0.2, 0.25) is 0 Å². The lowest BCUT2D eigenvalue weighted by Gasteiger charge is -2.18. The Balaban J connectivity index is 1.60. The summed E-state index contributed by atoms with van der Waals surface area (Å²) in [6.45, 7) is 2.54. The average molecular weight is 287 g/mol. The Morgan fingerprint density at radius 2 is 2.14 bits per heavy atom. The number of benzene rings is 2. The van der Waals surface area contributed by atoms with Gasteiger partial charge in [0.25, 0.3) is 0 Å². The van der Waals surface area contributed by atoms with Gasteiger partial charge in [-0.1, -0.05) is 18.2 Å². The zero-order valence-corrected chi connectivity index (χ0v) is 11.8. The van der Waals surface area contributed by atoms with Crippen molar-refractivity contribution in [1.82, 2.24) is 5.32 Å². The minimum atomic E-state index is -0.346. The molecule has 0 fully saturated rings. The van der Waals surface area contributed by atoms with E-state index in [0.29, 0.717) is 12.1 Å². The lowest BCUT2D eigenvalue weighted by Crippen LogP contribution is -2.32. The Hall–Kier alpha value is -2.07. The largest absolute Gasteiger partial charge is 0.508 e. The molecule has 110 valence electrons. The van der Waals surface area contributed by atoms with Gasteiger partial charge in [-0.05, 0) is 36.8 Å². The first kappa shape index (κ1) is 13.9. The van der Waals surface area contributed by atoms with Gasteiger partial charge in [-0.3, -0.25) is 0 Å². The highest BCUT2D eigenvalue weighted by molar-refractivity contribution is 5.37. The fourth-order valence-corrected chi connectivity index (χ4v) is 2.66. The molecule has 0 spiro atoms. The zero-order valence-electron chi connectivity index (χ0n) is 11.8. The van der Waals surface area contributed by atoms with Gasteiger partial charge in [-0.2, -0.15) is 0 Å². The topological polar surface area (TPSA) is 41.5 Å². The lowest BCUT2D eigenvalue weighted by molar-refractivity contribution is 0.222. The predicted octanol–water partition coefficient (Wildman–Crippen LogP) is 3.19. The predicted molar refractivity (Wildman–Crippen MR) is 79.0 cm³/mol. The molecule has 0 radical (unpaired) electrons. The molecular formula is C17H18FNO2. The maximum Gasteiger partial charge on any atom is 0.123 e. The van der Waals surface area contributed by atoms with Crippen LogP contribution in [0.25, 0.3) is 0 Å². The van der Waals surface area contributed by atoms with E-state index in [4.69, 9.17) is 4.74 Å². The van der Waals surface area contributed by atoms with Crippen LogP contribution in [0.5, 0.6) is 11.5 Å². The minimum Gasteiger partial charge on any atom is -0.508 e. The zero-order chi connectivity index (χ0) is 14.8. The molecule has 2 aromatic rings. The number of fused-ring (bicyclic) bond motifs is 1. The summed E-state index contributed by atoms with van der Waals surface area (Å²) in [5.41, 5.74) is 1.77. The Labute approximate surface area is 123 Å². The normalized spacial score (nSPS) is 18.1. The van der Waals surface area contributed by atoms with Crippen LogP contribution in [0.3, 0.4) is 0 Å². The van der Waals surface area contributed by atoms with E-state index in [2.05, 4.69) is 11.4 Å². The van der Waals surface area contributed by atoms with E-state index >= 15 is 0 Å². The van der Waals surface area contributed by atoms with E-state index in [1.54, 1.807) is 0 Å². The van der Waals surface area contributed by atoms with Gasteiger partial charge < -0.3 is 15.2 Å². The van der Waals surface area contributed by atoms with Gasteiger partial charge in [-0.15, -0.1) is 0 Å². The van der Waals surface area contributed by atoms with Crippen molar-refractivity contribution in [3.63, 3.8) is 0 Å². The number of halogens is 1. The molecule has 1 aliphatic rings. The summed E-state index contributed by atoms with van der Waals surface area (Å²) in [5, 5.41) is 13.1. The van der Waals surface area contributed by atoms with Gasteiger partial charge >= 0.3 is 0 Å². The molecule has 2 aromatic carbocycles. The third-order valence-electron chi connectivity index (χ3n) is 3.82. The van der Waals surface area contributed by atoms with Crippen LogP contribution >= 0.6 is 0 Å². The molecule has 4 heteroatoms. The molecule has 0 bridgehead atoms. The molecule has 3 nitrogen and oxygen atoms in total. The summed E-state index contributed by atoms with van der Waals surface area (Å²) in [4.78, 5) is 0. The Kier molecular flexibility index (Phi) is 3.80. The maximum atomic E-state index is 13.3. The van der Waals surface area contributed by atoms with Crippen LogP contribution in [-0.4, -0.2) is 17.8 Å². The second-order valence-corrected chi connectivity index (χ2v) is 5.38. The van der Waals surface area contributed by atoms with Crippen LogP contribution in [0, 0.1) is 5.82 Å². The molecule has 0 aromatic heterocycles. The van der Waals surface area contributed by atoms with E-state index in [0.717, 1.165) is 12.2 Å². The number of phenols is 1. The van der Waals surface area contributed by atoms with E-state index < -0.39 is 0 Å². The van der Waals surface area contributed by atoms with Crippen molar-refractivity contribution in [3.8, 4) is 11.5 Å². The van der Waals surface area contributed by atoms with Gasteiger partial charge in [0.15, 0.2) is 0 Å². The van der Waals surface area contributed by atoms with Gasteiger partial charge in [0.1, 0.15) is 23.4 Å². The van der Waals surface area contributed by atoms with Crippen molar-refractivity contribution in [2.75, 3.05) is 6.54 Å². The fourth-order valence-electron chi connectivity index (χ4n) is 2.66. The standard InChI is InChI=1S/C17H18FNO2/c1-11(15-9-13(18)6-7-16(15)20)19-10-14-8-12-4-2-3-5-17(12)21-14/h2-7,9,11,14,19-20H,8,10H2,1H3. The van der Waals surface area contributed by atoms with Crippen LogP contribution in [0.15, 0.2) is 42.5 Å². The number of rotatable bonds is 4. The maximum absolute atomic E-state index is 13.3. The summed E-state index contributed by atoms with van der Waals surface area (Å²) >= 11 is 0. The molecule has 0 aliphatic carbocycles. The molecule has 3 rings (SSSR count). The van der Waals surface area contributed by atoms with E-state index in [9.17, 15) is 9.50 Å². The smallest absolute Gasteiger partial charge is 0.123 e. The quantitative estimate of drug-likeness (QED) is 0.907. The molecule has 1 heterocycles. The van der Waals surface area contributed by atoms with Crippen molar-refractivity contribution in [1.29, 1.82) is 0 Å². The van der Waals surface area contributed by atoms with E-state index in [1.165, 1.54) is 23.8 Å². The van der Waals surface area contributed by atoms with Crippen molar-refractivity contribution in [2.45, 2.75) is 25.5 Å². The highest BCUT2D eigenvalue weighted by atomic mass is 19.1. The number of hydrogen-bond donors (Lipinski definition) is 2. The molecule has 0 saturated heterocycles. The monoisotopic (exact) mass is 287 g/mol. The summed E-state index contributed by atoms with van der Waals surface area (Å²) in [7, 11) is 0. The van der Waals surface area contributed by atoms with Gasteiger partial charge in [0.05, 0.1) is 0 Å². The molecule has 1 aliphatic heterocycles. The van der Waals surface area contributed by atoms with Crippen molar-refractivity contribution in [2.24, 2.45) is 0 Å². The van der Waals surface area contributed by atoms with Crippen LogP contribution < -0.4 is 10.1 Å². The van der Waals surface area contributed by atoms with Crippen molar-refractivity contribution < 1.29 is 14.2 Å². The van der Waals surface area contributed by atoms with Crippen LogP contribution in [0.4, 0.5) is 4.39 Å². The summed E-state index contributed by atoms with van der Waals surface area (Å²) < 4.78 is 19.1.